The van der Waals surface area contributed by atoms with Crippen LogP contribution < -0.4 is 5.32 Å². The van der Waals surface area contributed by atoms with Crippen LogP contribution in [0.25, 0.3) is 10.9 Å². The van der Waals surface area contributed by atoms with Crippen molar-refractivity contribution in [3.8, 4) is 0 Å². The van der Waals surface area contributed by atoms with Crippen molar-refractivity contribution in [1.29, 1.82) is 0 Å². The van der Waals surface area contributed by atoms with E-state index in [4.69, 9.17) is 0 Å². The number of aromatic amines is 1. The highest BCUT2D eigenvalue weighted by Crippen LogP contribution is 2.34. The molecule has 6 heteroatoms. The van der Waals surface area contributed by atoms with Crippen molar-refractivity contribution in [3.63, 3.8) is 0 Å². The topological polar surface area (TPSA) is 78.1 Å². The Morgan fingerprint density at radius 2 is 1.84 bits per heavy atom. The first-order chi connectivity index (χ1) is 12.2. The van der Waals surface area contributed by atoms with Crippen molar-refractivity contribution in [3.05, 3.63) is 24.4 Å². The Labute approximate surface area is 147 Å². The second-order valence-corrected chi connectivity index (χ2v) is 7.16. The van der Waals surface area contributed by atoms with Gasteiger partial charge in [-0.25, -0.2) is 0 Å². The molecular weight excluding hydrogens is 316 g/mol. The fraction of sp³-hybridized carbons (Fsp3) is 0.526. The first-order valence-corrected chi connectivity index (χ1v) is 9.26. The third-order valence-corrected chi connectivity index (χ3v) is 5.57. The highest BCUT2D eigenvalue weighted by molar-refractivity contribution is 6.02. The Bertz CT molecular complexity index is 779. The van der Waals surface area contributed by atoms with Crippen LogP contribution in [0, 0.1) is 11.8 Å². The second kappa shape index (κ2) is 6.86. The zero-order valence-corrected chi connectivity index (χ0v) is 14.3. The van der Waals surface area contributed by atoms with Crippen molar-refractivity contribution in [2.24, 2.45) is 11.8 Å². The molecular formula is C19H24N4O2. The minimum atomic E-state index is -0.236. The van der Waals surface area contributed by atoms with E-state index in [9.17, 15) is 9.59 Å². The number of nitrogens with one attached hydrogen (secondary N) is 2. The minimum absolute atomic E-state index is 0.0423. The van der Waals surface area contributed by atoms with E-state index in [1.807, 2.05) is 23.1 Å². The first-order valence-electron chi connectivity index (χ1n) is 9.26. The molecule has 0 radical (unpaired) electrons. The maximum Gasteiger partial charge on any atom is 0.228 e. The normalized spacial score (nSPS) is 23.8. The van der Waals surface area contributed by atoms with E-state index in [0.717, 1.165) is 68.2 Å². The number of carbonyl (C=O) groups excluding carboxylic acids is 2. The first kappa shape index (κ1) is 16.1. The van der Waals surface area contributed by atoms with Gasteiger partial charge in [-0.05, 0) is 31.7 Å². The van der Waals surface area contributed by atoms with E-state index in [1.54, 1.807) is 6.20 Å². The van der Waals surface area contributed by atoms with Gasteiger partial charge in [0.15, 0.2) is 0 Å². The van der Waals surface area contributed by atoms with E-state index in [2.05, 4.69) is 15.5 Å². The number of hydrogen-bond acceptors (Lipinski definition) is 3. The zero-order chi connectivity index (χ0) is 17.2. The quantitative estimate of drug-likeness (QED) is 0.902. The molecule has 6 nitrogen and oxygen atoms in total. The van der Waals surface area contributed by atoms with Gasteiger partial charge in [-0.15, -0.1) is 0 Å². The summed E-state index contributed by atoms with van der Waals surface area (Å²) in [6, 6.07) is 5.73. The molecule has 2 aromatic rings. The van der Waals surface area contributed by atoms with Crippen LogP contribution in [0.2, 0.25) is 0 Å². The van der Waals surface area contributed by atoms with Crippen molar-refractivity contribution in [1.82, 2.24) is 15.1 Å². The van der Waals surface area contributed by atoms with Crippen molar-refractivity contribution < 1.29 is 9.59 Å². The smallest absolute Gasteiger partial charge is 0.228 e. The summed E-state index contributed by atoms with van der Waals surface area (Å²) in [6.45, 7) is 1.69. The average Bonchev–Trinajstić information content (AvgIpc) is 3.33. The summed E-state index contributed by atoms with van der Waals surface area (Å²) in [5.41, 5.74) is 1.56. The molecule has 0 bridgehead atoms. The maximum absolute atomic E-state index is 12.9. The predicted molar refractivity (Wildman–Crippen MR) is 96.0 cm³/mol. The lowest BCUT2D eigenvalue weighted by Gasteiger charge is -2.32. The van der Waals surface area contributed by atoms with Crippen LogP contribution in [0.5, 0.6) is 0 Å². The summed E-state index contributed by atoms with van der Waals surface area (Å²) in [5, 5.41) is 11.0. The van der Waals surface area contributed by atoms with Crippen LogP contribution in [-0.4, -0.2) is 40.0 Å². The van der Waals surface area contributed by atoms with Gasteiger partial charge in [0.1, 0.15) is 0 Å². The lowest BCUT2D eigenvalue weighted by atomic mass is 9.77. The molecule has 25 heavy (non-hydrogen) atoms. The number of hydrogen-bond donors (Lipinski definition) is 2. The number of para-hydroxylation sites is 1. The fourth-order valence-electron chi connectivity index (χ4n) is 4.21. The summed E-state index contributed by atoms with van der Waals surface area (Å²) in [6.07, 6.45) is 7.55. The number of aromatic nitrogens is 2. The summed E-state index contributed by atoms with van der Waals surface area (Å²) in [4.78, 5) is 27.8. The van der Waals surface area contributed by atoms with Crippen LogP contribution >= 0.6 is 0 Å². The largest absolute Gasteiger partial charge is 0.342 e. The molecule has 1 aliphatic carbocycles. The SMILES string of the molecule is O=C(Nc1cccc2cn[nH]c12)[C@@H]1CCCC[C@H]1C(=O)N1CCCC1. The molecule has 1 saturated heterocycles. The number of fused-ring (bicyclic) bond motifs is 1. The number of nitrogens with zero attached hydrogens (tertiary/aromatic N) is 2. The van der Waals surface area contributed by atoms with Crippen molar-refractivity contribution in [2.75, 3.05) is 18.4 Å². The van der Waals surface area contributed by atoms with Gasteiger partial charge in [0.05, 0.1) is 17.4 Å². The number of anilines is 1. The molecule has 0 spiro atoms. The Hall–Kier alpha value is -2.37. The molecule has 0 unspecified atom stereocenters. The number of rotatable bonds is 3. The van der Waals surface area contributed by atoms with Gasteiger partial charge in [0.25, 0.3) is 0 Å². The Balaban J connectivity index is 1.52. The molecule has 1 saturated carbocycles. The average molecular weight is 340 g/mol. The van der Waals surface area contributed by atoms with Crippen molar-refractivity contribution in [2.45, 2.75) is 38.5 Å². The Kier molecular flexibility index (Phi) is 4.42. The Morgan fingerprint density at radius 1 is 1.08 bits per heavy atom. The molecule has 1 aromatic carbocycles. The summed E-state index contributed by atoms with van der Waals surface area (Å²) >= 11 is 0. The molecule has 2 fully saturated rings. The van der Waals surface area contributed by atoms with E-state index < -0.39 is 0 Å². The number of H-pyrrole nitrogens is 1. The maximum atomic E-state index is 12.9. The van der Waals surface area contributed by atoms with Gasteiger partial charge < -0.3 is 10.2 Å². The van der Waals surface area contributed by atoms with Crippen LogP contribution in [0.1, 0.15) is 38.5 Å². The molecule has 1 aromatic heterocycles. The van der Waals surface area contributed by atoms with Crippen LogP contribution in [0.4, 0.5) is 5.69 Å². The number of amides is 2. The monoisotopic (exact) mass is 340 g/mol. The third-order valence-electron chi connectivity index (χ3n) is 5.57. The highest BCUT2D eigenvalue weighted by atomic mass is 16.2. The number of carbonyl (C=O) groups is 2. The highest BCUT2D eigenvalue weighted by Gasteiger charge is 2.38. The predicted octanol–water partition coefficient (Wildman–Crippen LogP) is 2.93. The minimum Gasteiger partial charge on any atom is -0.342 e. The van der Waals surface area contributed by atoms with Crippen LogP contribution in [-0.2, 0) is 9.59 Å². The van der Waals surface area contributed by atoms with Gasteiger partial charge in [-0.1, -0.05) is 25.0 Å². The van der Waals surface area contributed by atoms with Gasteiger partial charge >= 0.3 is 0 Å². The number of likely N-dealkylation sites (tertiary alicyclic amines) is 1. The fourth-order valence-corrected chi connectivity index (χ4v) is 4.21. The summed E-state index contributed by atoms with van der Waals surface area (Å²) in [5.74, 6) is -0.274. The van der Waals surface area contributed by atoms with E-state index in [0.29, 0.717) is 0 Å². The number of benzene rings is 1. The molecule has 2 N–H and O–H groups in total. The second-order valence-electron chi connectivity index (χ2n) is 7.16. The molecule has 2 atom stereocenters. The van der Waals surface area contributed by atoms with Crippen LogP contribution in [0.3, 0.4) is 0 Å². The van der Waals surface area contributed by atoms with Gasteiger partial charge in [-0.3, -0.25) is 14.7 Å². The third kappa shape index (κ3) is 3.13. The molecule has 2 heterocycles. The van der Waals surface area contributed by atoms with Gasteiger partial charge in [0, 0.05) is 30.3 Å². The lowest BCUT2D eigenvalue weighted by Crippen LogP contribution is -2.42. The van der Waals surface area contributed by atoms with Crippen molar-refractivity contribution >= 4 is 28.4 Å². The summed E-state index contributed by atoms with van der Waals surface area (Å²) in [7, 11) is 0. The van der Waals surface area contributed by atoms with E-state index in [1.165, 1.54) is 0 Å². The van der Waals surface area contributed by atoms with E-state index in [-0.39, 0.29) is 23.7 Å². The molecule has 2 aliphatic rings. The Morgan fingerprint density at radius 3 is 2.64 bits per heavy atom. The van der Waals surface area contributed by atoms with E-state index >= 15 is 0 Å². The zero-order valence-electron chi connectivity index (χ0n) is 14.3. The summed E-state index contributed by atoms with van der Waals surface area (Å²) < 4.78 is 0. The molecule has 132 valence electrons. The molecule has 1 aliphatic heterocycles. The molecule has 2 amide bonds. The standard InChI is InChI=1S/C19H24N4O2/c24-18(21-16-9-5-6-13-12-20-22-17(13)16)14-7-1-2-8-15(14)19(25)23-10-3-4-11-23/h5-6,9,12,14-15H,1-4,7-8,10-11H2,(H,20,22)(H,21,24)/t14-,15-/m1/s1. The van der Waals surface area contributed by atoms with Gasteiger partial charge in [0.2, 0.25) is 11.8 Å². The van der Waals surface area contributed by atoms with Crippen LogP contribution in [0.15, 0.2) is 24.4 Å². The molecule has 4 rings (SSSR count). The van der Waals surface area contributed by atoms with Gasteiger partial charge in [-0.2, -0.15) is 5.10 Å². The lowest BCUT2D eigenvalue weighted by molar-refractivity contribution is -0.141.